The molecule has 0 aliphatic heterocycles. The van der Waals surface area contributed by atoms with Crippen LogP contribution in [0.15, 0.2) is 17.0 Å². The normalized spacial score (nSPS) is 11.4. The molecule has 2 aromatic rings. The molecule has 2 rings (SSSR count). The molecule has 0 unspecified atom stereocenters. The molecule has 10 heteroatoms. The van der Waals surface area contributed by atoms with Gasteiger partial charge in [-0.05, 0) is 6.92 Å². The van der Waals surface area contributed by atoms with Gasteiger partial charge in [-0.1, -0.05) is 5.16 Å². The molecular weight excluding hydrogens is 277 g/mol. The number of nitrogens with zero attached hydrogens (tertiary/aromatic N) is 4. The first-order valence-electron chi connectivity index (χ1n) is 5.68. The topological polar surface area (TPSA) is 88.8 Å². The van der Waals surface area contributed by atoms with Crippen LogP contribution in [-0.4, -0.2) is 26.7 Å². The van der Waals surface area contributed by atoms with Gasteiger partial charge >= 0.3 is 6.18 Å². The van der Waals surface area contributed by atoms with Gasteiger partial charge in [-0.25, -0.2) is 9.97 Å². The Labute approximate surface area is 111 Å². The molecule has 108 valence electrons. The molecular formula is C10H11F3N6O. The summed E-state index contributed by atoms with van der Waals surface area (Å²) in [6, 6.07) is 1.37. The number of rotatable bonds is 5. The van der Waals surface area contributed by atoms with Gasteiger partial charge < -0.3 is 15.2 Å². The number of aromatic nitrogens is 4. The fraction of sp³-hybridized carbons (Fsp3) is 0.400. The van der Waals surface area contributed by atoms with Crippen molar-refractivity contribution in [2.24, 2.45) is 0 Å². The molecule has 0 radical (unpaired) electrons. The zero-order valence-corrected chi connectivity index (χ0v) is 10.4. The fourth-order valence-corrected chi connectivity index (χ4v) is 1.38. The molecule has 2 N–H and O–H groups in total. The number of hydrogen-bond donors (Lipinski definition) is 2. The van der Waals surface area contributed by atoms with Crippen LogP contribution in [-0.2, 0) is 12.7 Å². The van der Waals surface area contributed by atoms with Gasteiger partial charge in [0.2, 0.25) is 12.2 Å². The quantitative estimate of drug-likeness (QED) is 0.868. The molecule has 0 aliphatic rings. The highest BCUT2D eigenvalue weighted by Gasteiger charge is 2.35. The lowest BCUT2D eigenvalue weighted by Crippen LogP contribution is -2.15. The molecule has 0 saturated carbocycles. The number of hydrogen-bond acceptors (Lipinski definition) is 7. The summed E-state index contributed by atoms with van der Waals surface area (Å²) in [4.78, 5) is 10.6. The number of anilines is 2. The van der Waals surface area contributed by atoms with Crippen LogP contribution >= 0.6 is 0 Å². The van der Waals surface area contributed by atoms with Crippen LogP contribution in [0.5, 0.6) is 0 Å². The Hall–Kier alpha value is -2.39. The second-order valence-electron chi connectivity index (χ2n) is 3.69. The Morgan fingerprint density at radius 1 is 1.20 bits per heavy atom. The van der Waals surface area contributed by atoms with Gasteiger partial charge in [-0.2, -0.15) is 18.2 Å². The molecule has 0 aromatic carbocycles. The fourth-order valence-electron chi connectivity index (χ4n) is 1.38. The van der Waals surface area contributed by atoms with Gasteiger partial charge in [0.25, 0.3) is 0 Å². The van der Waals surface area contributed by atoms with E-state index in [4.69, 9.17) is 0 Å². The minimum atomic E-state index is -4.62. The summed E-state index contributed by atoms with van der Waals surface area (Å²) in [5.41, 5.74) is 0. The van der Waals surface area contributed by atoms with Crippen molar-refractivity contribution in [3.05, 3.63) is 24.1 Å². The third kappa shape index (κ3) is 3.56. The molecule has 2 heterocycles. The first kappa shape index (κ1) is 14.0. The molecule has 0 aliphatic carbocycles. The highest BCUT2D eigenvalue weighted by Crippen LogP contribution is 2.28. The highest BCUT2D eigenvalue weighted by atomic mass is 19.4. The minimum absolute atomic E-state index is 0.0214. The molecule has 20 heavy (non-hydrogen) atoms. The monoisotopic (exact) mass is 288 g/mol. The summed E-state index contributed by atoms with van der Waals surface area (Å²) in [6.07, 6.45) is -3.49. The van der Waals surface area contributed by atoms with Crippen LogP contribution in [0.3, 0.4) is 0 Å². The third-order valence-corrected chi connectivity index (χ3v) is 2.17. The smallest absolute Gasteiger partial charge is 0.370 e. The van der Waals surface area contributed by atoms with E-state index in [-0.39, 0.29) is 18.2 Å². The van der Waals surface area contributed by atoms with Gasteiger partial charge in [0.1, 0.15) is 11.6 Å². The molecule has 0 amide bonds. The Bertz CT molecular complexity index is 557. The number of alkyl halides is 3. The average Bonchev–Trinajstić information content (AvgIpc) is 2.88. The van der Waals surface area contributed by atoms with Crippen LogP contribution in [0.4, 0.5) is 24.8 Å². The van der Waals surface area contributed by atoms with Gasteiger partial charge in [-0.15, -0.1) is 0 Å². The summed E-state index contributed by atoms with van der Waals surface area (Å²) in [5.74, 6) is -0.799. The third-order valence-electron chi connectivity index (χ3n) is 2.17. The van der Waals surface area contributed by atoms with Crippen LogP contribution in [0.1, 0.15) is 18.6 Å². The lowest BCUT2D eigenvalue weighted by molar-refractivity contribution is -0.144. The minimum Gasteiger partial charge on any atom is -0.370 e. The predicted molar refractivity (Wildman–Crippen MR) is 62.8 cm³/mol. The summed E-state index contributed by atoms with van der Waals surface area (Å²) in [6.45, 7) is 2.29. The van der Waals surface area contributed by atoms with Crippen molar-refractivity contribution in [1.82, 2.24) is 20.1 Å². The summed E-state index contributed by atoms with van der Waals surface area (Å²) in [7, 11) is 0. The molecule has 0 spiro atoms. The summed E-state index contributed by atoms with van der Waals surface area (Å²) >= 11 is 0. The van der Waals surface area contributed by atoms with E-state index in [1.54, 1.807) is 6.92 Å². The summed E-state index contributed by atoms with van der Waals surface area (Å²) in [5, 5.41) is 8.93. The molecule has 0 saturated heterocycles. The van der Waals surface area contributed by atoms with E-state index >= 15 is 0 Å². The zero-order chi connectivity index (χ0) is 14.6. The molecule has 0 atom stereocenters. The Balaban J connectivity index is 2.20. The maximum absolute atomic E-state index is 12.7. The number of halogens is 3. The second-order valence-corrected chi connectivity index (χ2v) is 3.69. The van der Waals surface area contributed by atoms with Crippen molar-refractivity contribution >= 4 is 11.6 Å². The van der Waals surface area contributed by atoms with Gasteiger partial charge in [0.05, 0.1) is 6.54 Å². The van der Waals surface area contributed by atoms with E-state index in [0.29, 0.717) is 12.4 Å². The van der Waals surface area contributed by atoms with Crippen molar-refractivity contribution in [1.29, 1.82) is 0 Å². The van der Waals surface area contributed by atoms with E-state index in [2.05, 4.69) is 35.3 Å². The van der Waals surface area contributed by atoms with Gasteiger partial charge in [0.15, 0.2) is 5.82 Å². The standard InChI is InChI=1S/C10H11F3N6O/c1-2-14-6-3-7(15-4-8-16-5-20-19-8)18-9(17-6)10(11,12)13/h3,5H,2,4H2,1H3,(H2,14,15,17,18). The van der Waals surface area contributed by atoms with E-state index in [9.17, 15) is 13.2 Å². The highest BCUT2D eigenvalue weighted by molar-refractivity contribution is 5.47. The first-order valence-corrected chi connectivity index (χ1v) is 5.68. The van der Waals surface area contributed by atoms with Crippen molar-refractivity contribution in [3.8, 4) is 0 Å². The average molecular weight is 288 g/mol. The maximum atomic E-state index is 12.7. The van der Waals surface area contributed by atoms with E-state index < -0.39 is 12.0 Å². The van der Waals surface area contributed by atoms with Crippen LogP contribution in [0.25, 0.3) is 0 Å². The lowest BCUT2D eigenvalue weighted by Gasteiger charge is -2.11. The Morgan fingerprint density at radius 2 is 1.90 bits per heavy atom. The van der Waals surface area contributed by atoms with E-state index in [1.165, 1.54) is 6.07 Å². The van der Waals surface area contributed by atoms with Crippen LogP contribution < -0.4 is 10.6 Å². The zero-order valence-electron chi connectivity index (χ0n) is 10.4. The molecule has 0 bridgehead atoms. The SMILES string of the molecule is CCNc1cc(NCc2ncon2)nc(C(F)(F)F)n1. The summed E-state index contributed by atoms with van der Waals surface area (Å²) < 4.78 is 42.6. The van der Waals surface area contributed by atoms with Crippen molar-refractivity contribution in [2.45, 2.75) is 19.6 Å². The maximum Gasteiger partial charge on any atom is 0.451 e. The number of nitrogens with one attached hydrogen (secondary N) is 2. The van der Waals surface area contributed by atoms with E-state index in [0.717, 1.165) is 6.39 Å². The molecule has 7 nitrogen and oxygen atoms in total. The van der Waals surface area contributed by atoms with Crippen LogP contribution in [0.2, 0.25) is 0 Å². The lowest BCUT2D eigenvalue weighted by atomic mass is 10.4. The largest absolute Gasteiger partial charge is 0.451 e. The van der Waals surface area contributed by atoms with Crippen molar-refractivity contribution in [2.75, 3.05) is 17.2 Å². The van der Waals surface area contributed by atoms with Crippen molar-refractivity contribution < 1.29 is 17.7 Å². The van der Waals surface area contributed by atoms with Crippen LogP contribution in [0, 0.1) is 0 Å². The van der Waals surface area contributed by atoms with Gasteiger partial charge in [0, 0.05) is 12.6 Å². The first-order chi connectivity index (χ1) is 9.49. The van der Waals surface area contributed by atoms with Gasteiger partial charge in [-0.3, -0.25) is 0 Å². The van der Waals surface area contributed by atoms with E-state index in [1.807, 2.05) is 0 Å². The molecule has 0 fully saturated rings. The predicted octanol–water partition coefficient (Wildman–Crippen LogP) is 1.92. The Morgan fingerprint density at radius 3 is 2.45 bits per heavy atom. The second kappa shape index (κ2) is 5.72. The Kier molecular flexibility index (Phi) is 4.01. The molecule has 2 aromatic heterocycles. The van der Waals surface area contributed by atoms with Crippen molar-refractivity contribution in [3.63, 3.8) is 0 Å².